The minimum absolute atomic E-state index is 0.0579. The first-order chi connectivity index (χ1) is 13.9. The maximum absolute atomic E-state index is 12.4. The number of hydrogen-bond acceptors (Lipinski definition) is 8. The summed E-state index contributed by atoms with van der Waals surface area (Å²) in [7, 11) is 0. The quantitative estimate of drug-likeness (QED) is 0.503. The number of imide groups is 1. The molecule has 7 nitrogen and oxygen atoms in total. The van der Waals surface area contributed by atoms with Crippen LogP contribution in [-0.2, 0) is 9.59 Å². The number of nitrogens with one attached hydrogen (secondary N) is 1. The molecule has 150 valence electrons. The van der Waals surface area contributed by atoms with Crippen LogP contribution in [0.1, 0.15) is 16.3 Å². The molecule has 0 saturated heterocycles. The van der Waals surface area contributed by atoms with Crippen molar-refractivity contribution >= 4 is 45.1 Å². The van der Waals surface area contributed by atoms with Crippen molar-refractivity contribution in [2.75, 3.05) is 12.4 Å². The molecule has 3 aromatic rings. The third-order valence-electron chi connectivity index (χ3n) is 4.51. The van der Waals surface area contributed by atoms with Crippen LogP contribution in [0.2, 0.25) is 0 Å². The fourth-order valence-corrected chi connectivity index (χ4v) is 5.03. The van der Waals surface area contributed by atoms with Crippen LogP contribution < -0.4 is 14.8 Å². The topological polar surface area (TPSA) is 90.4 Å². The molecule has 1 aromatic carbocycles. The van der Waals surface area contributed by atoms with E-state index in [0.717, 1.165) is 20.8 Å². The van der Waals surface area contributed by atoms with Crippen molar-refractivity contribution in [3.8, 4) is 11.5 Å². The molecule has 0 unspecified atom stereocenters. The predicted molar refractivity (Wildman–Crippen MR) is 112 cm³/mol. The first-order valence-corrected chi connectivity index (χ1v) is 10.8. The largest absolute Gasteiger partial charge is 0.485 e. The smallest absolute Gasteiger partial charge is 0.271 e. The summed E-state index contributed by atoms with van der Waals surface area (Å²) in [6, 6.07) is 7.11. The summed E-state index contributed by atoms with van der Waals surface area (Å²) in [5, 5.41) is 4.12. The monoisotopic (exact) mass is 429 g/mol. The zero-order valence-electron chi connectivity index (χ0n) is 16.1. The molecule has 0 spiro atoms. The van der Waals surface area contributed by atoms with Gasteiger partial charge >= 0.3 is 0 Å². The van der Waals surface area contributed by atoms with Gasteiger partial charge in [-0.25, -0.2) is 9.97 Å². The molecule has 1 aliphatic rings. The Labute approximate surface area is 175 Å². The number of carbonyl (C=O) groups excluding carboxylic acids is 2. The molecule has 0 bridgehead atoms. The van der Waals surface area contributed by atoms with Crippen molar-refractivity contribution in [3.63, 3.8) is 0 Å². The Morgan fingerprint density at radius 2 is 1.97 bits per heavy atom. The van der Waals surface area contributed by atoms with Crippen molar-refractivity contribution in [1.29, 1.82) is 0 Å². The van der Waals surface area contributed by atoms with Crippen molar-refractivity contribution < 1.29 is 19.1 Å². The summed E-state index contributed by atoms with van der Waals surface area (Å²) in [4.78, 5) is 35.8. The molecule has 0 radical (unpaired) electrons. The summed E-state index contributed by atoms with van der Waals surface area (Å²) >= 11 is 2.91. The standard InChI is InChI=1S/C20H19N3O4S2/c1-10-11(2)29-20-17(10)19(21-12(3)22-20)28-9-16(24)23-18(25)15-8-26-13-6-4-5-7-14(13)27-15/h4-7,15H,8-9H2,1-3H3,(H,23,24,25)/t15-/m1/s1. The van der Waals surface area contributed by atoms with E-state index >= 15 is 0 Å². The lowest BCUT2D eigenvalue weighted by atomic mass is 10.2. The number of carbonyl (C=O) groups is 2. The van der Waals surface area contributed by atoms with E-state index in [1.807, 2.05) is 26.8 Å². The van der Waals surface area contributed by atoms with E-state index in [0.29, 0.717) is 17.3 Å². The Bertz CT molecular complexity index is 1110. The van der Waals surface area contributed by atoms with Gasteiger partial charge in [-0.2, -0.15) is 0 Å². The molecule has 29 heavy (non-hydrogen) atoms. The van der Waals surface area contributed by atoms with Crippen LogP contribution in [0.5, 0.6) is 11.5 Å². The third-order valence-corrected chi connectivity index (χ3v) is 6.59. The SMILES string of the molecule is Cc1nc(SCC(=O)NC(=O)[C@H]2COc3ccccc3O2)c2c(C)c(C)sc2n1. The Kier molecular flexibility index (Phi) is 5.42. The van der Waals surface area contributed by atoms with Gasteiger partial charge in [0.25, 0.3) is 5.91 Å². The highest BCUT2D eigenvalue weighted by Crippen LogP contribution is 2.35. The predicted octanol–water partition coefficient (Wildman–Crippen LogP) is 3.19. The van der Waals surface area contributed by atoms with Gasteiger partial charge in [-0.15, -0.1) is 11.3 Å². The third kappa shape index (κ3) is 4.06. The van der Waals surface area contributed by atoms with E-state index in [1.165, 1.54) is 16.6 Å². The molecule has 9 heteroatoms. The fourth-order valence-electron chi connectivity index (χ4n) is 2.96. The Morgan fingerprint density at radius 3 is 2.76 bits per heavy atom. The first kappa shape index (κ1) is 19.7. The summed E-state index contributed by atoms with van der Waals surface area (Å²) in [6.07, 6.45) is -0.867. The Hall–Kier alpha value is -2.65. The van der Waals surface area contributed by atoms with Gasteiger partial charge in [-0.3, -0.25) is 14.9 Å². The van der Waals surface area contributed by atoms with Crippen molar-refractivity contribution in [3.05, 3.63) is 40.5 Å². The van der Waals surface area contributed by atoms with E-state index in [9.17, 15) is 9.59 Å². The van der Waals surface area contributed by atoms with Gasteiger partial charge in [0.05, 0.1) is 5.75 Å². The van der Waals surface area contributed by atoms with Crippen LogP contribution in [-0.4, -0.2) is 40.2 Å². The van der Waals surface area contributed by atoms with E-state index in [4.69, 9.17) is 9.47 Å². The van der Waals surface area contributed by atoms with Gasteiger partial charge in [0, 0.05) is 10.3 Å². The Morgan fingerprint density at radius 1 is 1.21 bits per heavy atom. The minimum Gasteiger partial charge on any atom is -0.485 e. The van der Waals surface area contributed by atoms with Gasteiger partial charge in [0.1, 0.15) is 22.3 Å². The summed E-state index contributed by atoms with van der Waals surface area (Å²) < 4.78 is 11.2. The van der Waals surface area contributed by atoms with Crippen molar-refractivity contribution in [2.24, 2.45) is 0 Å². The number of thioether (sulfide) groups is 1. The number of nitrogens with zero attached hydrogens (tertiary/aromatic N) is 2. The number of ether oxygens (including phenoxy) is 2. The van der Waals surface area contributed by atoms with Crippen LogP contribution in [0.15, 0.2) is 29.3 Å². The molecule has 0 saturated carbocycles. The highest BCUT2D eigenvalue weighted by Gasteiger charge is 2.28. The lowest BCUT2D eigenvalue weighted by Gasteiger charge is -2.25. The van der Waals surface area contributed by atoms with Gasteiger partial charge in [0.15, 0.2) is 11.5 Å². The highest BCUT2D eigenvalue weighted by molar-refractivity contribution is 8.00. The normalized spacial score (nSPS) is 15.3. The molecule has 2 aromatic heterocycles. The number of benzene rings is 1. The Balaban J connectivity index is 1.40. The minimum atomic E-state index is -0.867. The van der Waals surface area contributed by atoms with Crippen LogP contribution in [0.3, 0.4) is 0 Å². The van der Waals surface area contributed by atoms with Gasteiger partial charge in [0.2, 0.25) is 12.0 Å². The summed E-state index contributed by atoms with van der Waals surface area (Å²) in [5.74, 6) is 0.874. The van der Waals surface area contributed by atoms with E-state index in [2.05, 4.69) is 15.3 Å². The van der Waals surface area contributed by atoms with Crippen LogP contribution >= 0.6 is 23.1 Å². The number of para-hydroxylation sites is 2. The summed E-state index contributed by atoms with van der Waals surface area (Å²) in [6.45, 7) is 5.96. The number of hydrogen-bond donors (Lipinski definition) is 1. The molecule has 0 aliphatic carbocycles. The molecule has 3 heterocycles. The molecule has 2 amide bonds. The van der Waals surface area contributed by atoms with Gasteiger partial charge < -0.3 is 9.47 Å². The van der Waals surface area contributed by atoms with Crippen molar-refractivity contribution in [1.82, 2.24) is 15.3 Å². The lowest BCUT2D eigenvalue weighted by Crippen LogP contribution is -2.46. The molecule has 1 N–H and O–H groups in total. The molecule has 4 rings (SSSR count). The van der Waals surface area contributed by atoms with E-state index in [-0.39, 0.29) is 12.4 Å². The van der Waals surface area contributed by atoms with Gasteiger partial charge in [-0.1, -0.05) is 23.9 Å². The average molecular weight is 430 g/mol. The molecule has 1 atom stereocenters. The van der Waals surface area contributed by atoms with Gasteiger partial charge in [-0.05, 0) is 38.5 Å². The fraction of sp³-hybridized carbons (Fsp3) is 0.300. The molecular formula is C20H19N3O4S2. The van der Waals surface area contributed by atoms with Crippen LogP contribution in [0, 0.1) is 20.8 Å². The maximum Gasteiger partial charge on any atom is 0.271 e. The highest BCUT2D eigenvalue weighted by atomic mass is 32.2. The molecule has 0 fully saturated rings. The van der Waals surface area contributed by atoms with Crippen LogP contribution in [0.25, 0.3) is 10.2 Å². The second kappa shape index (κ2) is 8.00. The molecular weight excluding hydrogens is 410 g/mol. The number of amides is 2. The van der Waals surface area contributed by atoms with E-state index in [1.54, 1.807) is 29.5 Å². The number of thiophene rings is 1. The van der Waals surface area contributed by atoms with Crippen LogP contribution in [0.4, 0.5) is 0 Å². The number of fused-ring (bicyclic) bond motifs is 2. The van der Waals surface area contributed by atoms with Crippen molar-refractivity contribution in [2.45, 2.75) is 31.9 Å². The summed E-state index contributed by atoms with van der Waals surface area (Å²) in [5.41, 5.74) is 1.12. The second-order valence-electron chi connectivity index (χ2n) is 6.60. The zero-order chi connectivity index (χ0) is 20.5. The number of aromatic nitrogens is 2. The lowest BCUT2D eigenvalue weighted by molar-refractivity contribution is -0.135. The maximum atomic E-state index is 12.4. The van der Waals surface area contributed by atoms with E-state index < -0.39 is 17.9 Å². The molecule has 1 aliphatic heterocycles. The average Bonchev–Trinajstić information content (AvgIpc) is 2.99. The number of rotatable bonds is 4. The second-order valence-corrected chi connectivity index (χ2v) is 8.77. The number of aryl methyl sites for hydroxylation is 3. The zero-order valence-corrected chi connectivity index (χ0v) is 17.8. The first-order valence-electron chi connectivity index (χ1n) is 9.01.